The number of nitrogens with zero attached hydrogens (tertiary/aromatic N) is 2. The molecule has 76 valence electrons. The van der Waals surface area contributed by atoms with Gasteiger partial charge in [-0.05, 0) is 13.0 Å². The fourth-order valence-electron chi connectivity index (χ4n) is 1.91. The first-order chi connectivity index (χ1) is 6.12. The van der Waals surface area contributed by atoms with Gasteiger partial charge in [0, 0.05) is 32.7 Å². The van der Waals surface area contributed by atoms with Crippen molar-refractivity contribution in [3.05, 3.63) is 0 Å². The fraction of sp³-hybridized carbons (Fsp3) is 1.00. The Morgan fingerprint density at radius 2 is 2.15 bits per heavy atom. The average molecular weight is 205 g/mol. The van der Waals surface area contributed by atoms with Crippen LogP contribution in [0.2, 0.25) is 0 Å². The molecule has 0 aliphatic carbocycles. The quantitative estimate of drug-likeness (QED) is 0.587. The van der Waals surface area contributed by atoms with Crippen molar-refractivity contribution in [3.8, 4) is 0 Å². The molecule has 0 bridgehead atoms. The van der Waals surface area contributed by atoms with Gasteiger partial charge in [-0.15, -0.1) is 0 Å². The highest BCUT2D eigenvalue weighted by molar-refractivity contribution is 7.87. The minimum absolute atomic E-state index is 0.176. The third-order valence-electron chi connectivity index (χ3n) is 2.77. The standard InChI is InChI=1S/C7H15N3O2S/c1-9-4-5-10(13(9,11)12)7-2-3-8-6-7/h7-8H,2-6H2,1H3/t7-/m1/s1. The highest BCUT2D eigenvalue weighted by Gasteiger charge is 2.39. The van der Waals surface area contributed by atoms with Crippen LogP contribution in [0, 0.1) is 0 Å². The molecule has 2 aliphatic heterocycles. The Balaban J connectivity index is 2.16. The van der Waals surface area contributed by atoms with Crippen LogP contribution in [0.5, 0.6) is 0 Å². The maximum atomic E-state index is 11.7. The van der Waals surface area contributed by atoms with E-state index in [0.717, 1.165) is 19.5 Å². The normalized spacial score (nSPS) is 35.6. The summed E-state index contributed by atoms with van der Waals surface area (Å²) >= 11 is 0. The van der Waals surface area contributed by atoms with Crippen molar-refractivity contribution in [2.24, 2.45) is 0 Å². The van der Waals surface area contributed by atoms with E-state index in [2.05, 4.69) is 5.32 Å². The summed E-state index contributed by atoms with van der Waals surface area (Å²) in [7, 11) is -1.49. The first-order valence-electron chi connectivity index (χ1n) is 4.56. The lowest BCUT2D eigenvalue weighted by molar-refractivity contribution is 0.365. The predicted octanol–water partition coefficient (Wildman–Crippen LogP) is -1.16. The zero-order valence-electron chi connectivity index (χ0n) is 7.73. The highest BCUT2D eigenvalue weighted by Crippen LogP contribution is 2.20. The lowest BCUT2D eigenvalue weighted by atomic mass is 10.2. The molecule has 2 rings (SSSR count). The summed E-state index contributed by atoms with van der Waals surface area (Å²) in [5.74, 6) is 0. The van der Waals surface area contributed by atoms with E-state index in [1.165, 1.54) is 4.31 Å². The molecule has 1 N–H and O–H groups in total. The summed E-state index contributed by atoms with van der Waals surface area (Å²) in [5, 5.41) is 3.18. The summed E-state index contributed by atoms with van der Waals surface area (Å²) in [6, 6.07) is 0.176. The van der Waals surface area contributed by atoms with Crippen molar-refractivity contribution in [1.29, 1.82) is 0 Å². The average Bonchev–Trinajstić information content (AvgIpc) is 2.62. The van der Waals surface area contributed by atoms with E-state index in [4.69, 9.17) is 0 Å². The zero-order chi connectivity index (χ0) is 9.47. The van der Waals surface area contributed by atoms with Gasteiger partial charge in [0.2, 0.25) is 0 Å². The van der Waals surface area contributed by atoms with Crippen LogP contribution in [0.3, 0.4) is 0 Å². The molecular weight excluding hydrogens is 190 g/mol. The van der Waals surface area contributed by atoms with Gasteiger partial charge in [0.1, 0.15) is 0 Å². The Morgan fingerprint density at radius 1 is 1.38 bits per heavy atom. The van der Waals surface area contributed by atoms with Gasteiger partial charge in [-0.25, -0.2) is 0 Å². The Morgan fingerprint density at radius 3 is 2.62 bits per heavy atom. The molecule has 0 unspecified atom stereocenters. The number of rotatable bonds is 1. The van der Waals surface area contributed by atoms with Gasteiger partial charge in [0.25, 0.3) is 10.2 Å². The zero-order valence-corrected chi connectivity index (χ0v) is 8.55. The SMILES string of the molecule is CN1CCN([C@@H]2CCNC2)S1(=O)=O. The van der Waals surface area contributed by atoms with Gasteiger partial charge >= 0.3 is 0 Å². The number of hydrogen-bond donors (Lipinski definition) is 1. The van der Waals surface area contributed by atoms with E-state index in [-0.39, 0.29) is 6.04 Å². The van der Waals surface area contributed by atoms with Gasteiger partial charge < -0.3 is 5.32 Å². The number of nitrogens with one attached hydrogen (secondary N) is 1. The van der Waals surface area contributed by atoms with E-state index in [1.54, 1.807) is 11.4 Å². The van der Waals surface area contributed by atoms with Crippen LogP contribution in [0.4, 0.5) is 0 Å². The van der Waals surface area contributed by atoms with Crippen LogP contribution in [0.15, 0.2) is 0 Å². The Hall–Kier alpha value is -0.170. The third kappa shape index (κ3) is 1.48. The molecule has 6 heteroatoms. The second kappa shape index (κ2) is 3.20. The van der Waals surface area contributed by atoms with Crippen molar-refractivity contribution >= 4 is 10.2 Å². The van der Waals surface area contributed by atoms with Crippen LogP contribution < -0.4 is 5.32 Å². The molecule has 0 aromatic carbocycles. The molecule has 2 fully saturated rings. The Labute approximate surface area is 78.9 Å². The van der Waals surface area contributed by atoms with Gasteiger partial charge in [0.15, 0.2) is 0 Å². The van der Waals surface area contributed by atoms with E-state index in [9.17, 15) is 8.42 Å². The minimum atomic E-state index is -3.12. The molecule has 2 aliphatic rings. The maximum absolute atomic E-state index is 11.7. The Bertz CT molecular complexity index is 284. The summed E-state index contributed by atoms with van der Waals surface area (Å²) < 4.78 is 26.4. The minimum Gasteiger partial charge on any atom is -0.315 e. The molecule has 0 aromatic heterocycles. The number of likely N-dealkylation sites (N-methyl/N-ethyl adjacent to an activating group) is 1. The Kier molecular flexibility index (Phi) is 2.31. The molecule has 0 spiro atoms. The lowest BCUT2D eigenvalue weighted by Crippen LogP contribution is -2.40. The molecule has 5 nitrogen and oxygen atoms in total. The first-order valence-corrected chi connectivity index (χ1v) is 5.96. The van der Waals surface area contributed by atoms with E-state index in [0.29, 0.717) is 13.1 Å². The van der Waals surface area contributed by atoms with Crippen molar-refractivity contribution in [2.45, 2.75) is 12.5 Å². The van der Waals surface area contributed by atoms with Gasteiger partial charge in [-0.2, -0.15) is 17.0 Å². The maximum Gasteiger partial charge on any atom is 0.282 e. The third-order valence-corrected chi connectivity index (χ3v) is 4.81. The fourth-order valence-corrected chi connectivity index (χ4v) is 3.44. The molecule has 0 saturated carbocycles. The van der Waals surface area contributed by atoms with Crippen molar-refractivity contribution in [3.63, 3.8) is 0 Å². The highest BCUT2D eigenvalue weighted by atomic mass is 32.2. The molecule has 0 aromatic rings. The molecule has 1 atom stereocenters. The summed E-state index contributed by atoms with van der Waals surface area (Å²) in [5.41, 5.74) is 0. The lowest BCUT2D eigenvalue weighted by Gasteiger charge is -2.21. The van der Waals surface area contributed by atoms with E-state index in [1.807, 2.05) is 0 Å². The van der Waals surface area contributed by atoms with Crippen molar-refractivity contribution in [1.82, 2.24) is 13.9 Å². The molecule has 13 heavy (non-hydrogen) atoms. The molecule has 2 saturated heterocycles. The predicted molar refractivity (Wildman–Crippen MR) is 49.5 cm³/mol. The van der Waals surface area contributed by atoms with Crippen LogP contribution in [0.1, 0.15) is 6.42 Å². The number of hydrogen-bond acceptors (Lipinski definition) is 3. The second-order valence-electron chi connectivity index (χ2n) is 3.59. The molecule has 0 radical (unpaired) electrons. The molecular formula is C7H15N3O2S. The largest absolute Gasteiger partial charge is 0.315 e. The molecule has 2 heterocycles. The topological polar surface area (TPSA) is 52.6 Å². The van der Waals surface area contributed by atoms with Gasteiger partial charge in [-0.1, -0.05) is 0 Å². The monoisotopic (exact) mass is 205 g/mol. The van der Waals surface area contributed by atoms with Crippen molar-refractivity contribution < 1.29 is 8.42 Å². The van der Waals surface area contributed by atoms with Crippen LogP contribution >= 0.6 is 0 Å². The summed E-state index contributed by atoms with van der Waals surface area (Å²) in [4.78, 5) is 0. The van der Waals surface area contributed by atoms with Crippen LogP contribution in [0.25, 0.3) is 0 Å². The van der Waals surface area contributed by atoms with Crippen molar-refractivity contribution in [2.75, 3.05) is 33.2 Å². The summed E-state index contributed by atoms with van der Waals surface area (Å²) in [6.45, 7) is 3.00. The van der Waals surface area contributed by atoms with E-state index >= 15 is 0 Å². The van der Waals surface area contributed by atoms with Gasteiger partial charge in [-0.3, -0.25) is 0 Å². The second-order valence-corrected chi connectivity index (χ2v) is 5.57. The van der Waals surface area contributed by atoms with Crippen LogP contribution in [-0.4, -0.2) is 56.3 Å². The van der Waals surface area contributed by atoms with Gasteiger partial charge in [0.05, 0.1) is 0 Å². The van der Waals surface area contributed by atoms with Crippen LogP contribution in [-0.2, 0) is 10.2 Å². The summed E-state index contributed by atoms with van der Waals surface area (Å²) in [6.07, 6.45) is 0.938. The molecule has 0 amide bonds. The smallest absolute Gasteiger partial charge is 0.282 e. The first kappa shape index (κ1) is 9.39. The van der Waals surface area contributed by atoms with E-state index < -0.39 is 10.2 Å².